The predicted octanol–water partition coefficient (Wildman–Crippen LogP) is 7.97. The van der Waals surface area contributed by atoms with E-state index in [0.29, 0.717) is 214 Å². The fourth-order valence-corrected chi connectivity index (χ4v) is 11.7. The maximum atomic E-state index is 16.4. The topological polar surface area (TPSA) is 480 Å². The highest BCUT2D eigenvalue weighted by molar-refractivity contribution is 5.91. The second-order valence-electron chi connectivity index (χ2n) is 29.2. The van der Waals surface area contributed by atoms with Crippen molar-refractivity contribution in [3.8, 4) is 11.4 Å². The van der Waals surface area contributed by atoms with Gasteiger partial charge in [0.05, 0.1) is 147 Å². The second-order valence-corrected chi connectivity index (χ2v) is 29.2. The summed E-state index contributed by atoms with van der Waals surface area (Å²) in [6, 6.07) is 8.11. The Morgan fingerprint density at radius 1 is 0.546 bits per heavy atom. The highest BCUT2D eigenvalue weighted by atomic mass is 19.3. The Bertz CT molecular complexity index is 3700. The number of para-hydroxylation sites is 1. The smallest absolute Gasteiger partial charge is 0.408 e. The molecule has 0 saturated heterocycles. The number of carboxylic acids is 3. The third kappa shape index (κ3) is 46.2. The van der Waals surface area contributed by atoms with Crippen LogP contribution < -0.4 is 27.2 Å². The number of halogens is 2. The number of carbonyl (C=O) groups excluding carboxylic acids is 8. The monoisotopic (exact) mass is 1690 g/mol. The van der Waals surface area contributed by atoms with Crippen LogP contribution in [0.25, 0.3) is 22.3 Å². The van der Waals surface area contributed by atoms with Crippen LogP contribution in [0.15, 0.2) is 40.1 Å². The van der Waals surface area contributed by atoms with Crippen molar-refractivity contribution in [3.05, 3.63) is 62.9 Å². The molecule has 2 aliphatic rings. The minimum absolute atomic E-state index is 0.00206. The van der Waals surface area contributed by atoms with Crippen LogP contribution in [0.2, 0.25) is 0 Å². The van der Waals surface area contributed by atoms with Gasteiger partial charge in [0.1, 0.15) is 23.8 Å². The highest BCUT2D eigenvalue weighted by Crippen LogP contribution is 2.46. The van der Waals surface area contributed by atoms with Crippen LogP contribution in [0.5, 0.6) is 0 Å². The third-order valence-electron chi connectivity index (χ3n) is 18.1. The molecule has 2 aromatic heterocycles. The normalized spacial score (nSPS) is 13.5. The molecule has 2 aliphatic heterocycles. The molecule has 9 N–H and O–H groups in total. The Morgan fingerprint density at radius 3 is 1.45 bits per heavy atom. The average molecular weight is 1690 g/mol. The van der Waals surface area contributed by atoms with Gasteiger partial charge in [0.2, 0.25) is 11.8 Å². The highest BCUT2D eigenvalue weighted by Gasteiger charge is 2.47. The zero-order chi connectivity index (χ0) is 87.7. The van der Waals surface area contributed by atoms with Gasteiger partial charge in [0.15, 0.2) is 17.2 Å². The number of cyclic esters (lactones) is 1. The molecule has 0 radical (unpaired) electrons. The number of aliphatic carboxylic acids is 3. The first-order chi connectivity index (χ1) is 56.9. The van der Waals surface area contributed by atoms with Crippen molar-refractivity contribution >= 4 is 81.5 Å². The van der Waals surface area contributed by atoms with Crippen molar-refractivity contribution < 1.29 is 134 Å². The number of rotatable bonds is 66. The molecule has 1 unspecified atom stereocenters. The number of benzene rings is 1. The number of aliphatic imine (C=N–C) groups is 1. The third-order valence-corrected chi connectivity index (χ3v) is 18.1. The molecule has 3 amide bonds. The van der Waals surface area contributed by atoms with E-state index < -0.39 is 59.1 Å². The summed E-state index contributed by atoms with van der Waals surface area (Å²) in [5.41, 5.74) is 3.71. The summed E-state index contributed by atoms with van der Waals surface area (Å²) in [5, 5.41) is 44.7. The molecule has 3 aromatic rings. The number of alkyl halides is 2. The number of unbranched alkanes of at least 4 members (excludes halogenated alkanes) is 4. The van der Waals surface area contributed by atoms with Crippen LogP contribution in [0, 0.1) is 0 Å². The SMILES string of the molecule is CC(C)(C)OC(=O)NCC(=O)CCCCOCCOCCOCCCNC(=O)CCC(=O)O.CCC1(O)C(=O)OCc2c1cc1n(c2=O)Cc2c-1nc1ccccc1c2C(F)(F)CCCC(C)=NCC(=O)CCCCOCCOCCOCCCCC(=O)CCC(=O)O.NCC(=O)CCCCOCCOCCOCCCNC(=O)CCC(=O)O. The van der Waals surface area contributed by atoms with Crippen molar-refractivity contribution in [2.75, 3.05) is 152 Å². The maximum absolute atomic E-state index is 16.4. The molecule has 1 atom stereocenters. The van der Waals surface area contributed by atoms with Gasteiger partial charge in [-0.05, 0) is 123 Å². The minimum Gasteiger partial charge on any atom is -0.481 e. The first-order valence-electron chi connectivity index (χ1n) is 41.0. The van der Waals surface area contributed by atoms with E-state index >= 15 is 8.78 Å². The molecule has 34 nitrogen and oxygen atoms in total. The molecule has 5 rings (SSSR count). The van der Waals surface area contributed by atoms with Crippen LogP contribution in [-0.2, 0) is 125 Å². The summed E-state index contributed by atoms with van der Waals surface area (Å²) >= 11 is 0. The van der Waals surface area contributed by atoms with E-state index in [1.54, 1.807) is 58.9 Å². The van der Waals surface area contributed by atoms with E-state index in [-0.39, 0.29) is 165 Å². The van der Waals surface area contributed by atoms with Gasteiger partial charge in [-0.15, -0.1) is 0 Å². The summed E-state index contributed by atoms with van der Waals surface area (Å²) in [7, 11) is 0. The molecule has 36 heteroatoms. The summed E-state index contributed by atoms with van der Waals surface area (Å²) in [6.45, 7) is 17.6. The lowest BCUT2D eigenvalue weighted by atomic mass is 9.86. The van der Waals surface area contributed by atoms with E-state index in [1.165, 1.54) is 10.6 Å². The van der Waals surface area contributed by atoms with Gasteiger partial charge in [-0.25, -0.2) is 23.4 Å². The van der Waals surface area contributed by atoms with Crippen LogP contribution in [-0.4, -0.2) is 258 Å². The van der Waals surface area contributed by atoms with Gasteiger partial charge >= 0.3 is 30.0 Å². The summed E-state index contributed by atoms with van der Waals surface area (Å²) in [4.78, 5) is 147. The lowest BCUT2D eigenvalue weighted by Crippen LogP contribution is -2.44. The molecule has 0 bridgehead atoms. The average Bonchev–Trinajstić information content (AvgIpc) is 1.58. The molecule has 0 saturated carbocycles. The Balaban J connectivity index is 0.000000522. The number of pyridine rings is 2. The number of nitrogens with one attached hydrogen (secondary N) is 3. The van der Waals surface area contributed by atoms with Crippen molar-refractivity contribution in [2.24, 2.45) is 10.7 Å². The van der Waals surface area contributed by atoms with Crippen molar-refractivity contribution in [3.63, 3.8) is 0 Å². The molecule has 0 spiro atoms. The van der Waals surface area contributed by atoms with Gasteiger partial charge in [0.25, 0.3) is 11.5 Å². The van der Waals surface area contributed by atoms with Gasteiger partial charge in [0, 0.05) is 132 Å². The number of fused-ring (bicyclic) bond motifs is 5. The van der Waals surface area contributed by atoms with Crippen LogP contribution >= 0.6 is 0 Å². The number of hydrogen-bond donors (Lipinski definition) is 8. The molecule has 0 fully saturated rings. The molecule has 670 valence electrons. The Labute approximate surface area is 694 Å². The number of amides is 3. The number of carboxylic acid groups (broad SMARTS) is 3. The van der Waals surface area contributed by atoms with Crippen LogP contribution in [0.1, 0.15) is 211 Å². The fourth-order valence-electron chi connectivity index (χ4n) is 11.7. The quantitative estimate of drug-likeness (QED) is 0.0118. The largest absolute Gasteiger partial charge is 0.481 e. The van der Waals surface area contributed by atoms with Crippen LogP contribution in [0.4, 0.5) is 13.6 Å². The predicted molar refractivity (Wildman–Crippen MR) is 432 cm³/mol. The number of nitrogens with two attached hydrogens (primary N) is 1. The van der Waals surface area contributed by atoms with E-state index in [0.717, 1.165) is 19.3 Å². The number of esters is 1. The van der Waals surface area contributed by atoms with Crippen LogP contribution in [0.3, 0.4) is 0 Å². The van der Waals surface area contributed by atoms with Gasteiger partial charge in [-0.1, -0.05) is 25.1 Å². The Morgan fingerprint density at radius 2 is 0.983 bits per heavy atom. The number of aliphatic hydroxyl groups is 1. The zero-order valence-electron chi connectivity index (χ0n) is 69.9. The molecular weight excluding hydrogens is 1560 g/mol. The van der Waals surface area contributed by atoms with Crippen molar-refractivity contribution in [2.45, 2.75) is 219 Å². The van der Waals surface area contributed by atoms with Gasteiger partial charge < -0.3 is 98.8 Å². The fraction of sp³-hybridized carbons (Fsp3) is 0.687. The van der Waals surface area contributed by atoms with Gasteiger partial charge in [-0.2, -0.15) is 0 Å². The van der Waals surface area contributed by atoms with E-state index in [4.69, 9.17) is 78.1 Å². The number of hydrogen-bond acceptors (Lipinski definition) is 27. The first kappa shape index (κ1) is 105. The van der Waals surface area contributed by atoms with E-state index in [2.05, 4.69) is 20.9 Å². The van der Waals surface area contributed by atoms with Crippen molar-refractivity contribution in [1.82, 2.24) is 25.5 Å². The summed E-state index contributed by atoms with van der Waals surface area (Å²) in [5.74, 6) is -7.71. The number of aromatic nitrogens is 2. The lowest BCUT2D eigenvalue weighted by molar-refractivity contribution is -0.172. The zero-order valence-corrected chi connectivity index (χ0v) is 69.9. The number of nitrogens with zero attached hydrogens (tertiary/aromatic N) is 3. The van der Waals surface area contributed by atoms with Crippen molar-refractivity contribution in [1.29, 1.82) is 0 Å². The number of ketones is 4. The molecule has 119 heavy (non-hydrogen) atoms. The number of Topliss-reactive ketones (excluding diaryl/α,β-unsaturated/α-hetero) is 4. The number of ether oxygens (including phenoxy) is 11. The van der Waals surface area contributed by atoms with E-state index in [1.807, 2.05) is 0 Å². The minimum atomic E-state index is -3.31. The molecule has 4 heterocycles. The maximum Gasteiger partial charge on any atom is 0.408 e. The Hall–Kier alpha value is -8.56. The summed E-state index contributed by atoms with van der Waals surface area (Å²) in [6.07, 6.45) is 7.47. The first-order valence-corrected chi connectivity index (χ1v) is 41.0. The summed E-state index contributed by atoms with van der Waals surface area (Å²) < 4.78 is 93.2. The lowest BCUT2D eigenvalue weighted by Gasteiger charge is -2.31. The van der Waals surface area contributed by atoms with Gasteiger partial charge in [-0.3, -0.25) is 52.9 Å². The molecule has 1 aromatic carbocycles. The number of alkyl carbamates (subject to hydrolysis) is 1. The molecule has 0 aliphatic carbocycles. The van der Waals surface area contributed by atoms with E-state index in [9.17, 15) is 62.6 Å². The second kappa shape index (κ2) is 60.8. The molecular formula is C83H127F2N7O27. The number of carbonyl (C=O) groups is 11. The standard InChI is InChI=1S/C44H55F2N3O11.C22H40N2O9.C17H32N2O7/c1-3-43(56)35-25-37-40-33(27-49(37)41(54)34(35)28-60-42(43)55)39(32-14-4-5-15-36(32)48-40)44(45,46)18-10-11-29(2)47-26-31(51)13-7-9-20-58-22-24-59-23-21-57-19-8-6-12-30(50)16-17-38(52)53;1-22(2,3)33-21(29)24-17-18(25)7-4-5-11-30-13-15-32-16-14-31-12-6-10-23-19(26)8-9-20(27)28;18-14-15(20)4-1-2-8-24-10-12-26-13-11-25-9-3-7-19-16(21)5-6-17(22)23/h4-5,14-15,25,56H,3,6-13,16-24,26-28H2,1-2H3,(H,52,53);4-17H2,1-3H3,(H,23,26)(H,24,29)(H,27,28);1-14,18H2,(H,19,21)(H,22,23). The Kier molecular flexibility index (Phi) is 53.5.